The number of alkyl halides is 3. The van der Waals surface area contributed by atoms with Gasteiger partial charge in [0.05, 0.1) is 25.0 Å². The number of carbonyl (C=O) groups is 3. The van der Waals surface area contributed by atoms with Gasteiger partial charge in [-0.05, 0) is 6.92 Å². The Morgan fingerprint density at radius 1 is 1.15 bits per heavy atom. The van der Waals surface area contributed by atoms with Gasteiger partial charge < -0.3 is 9.47 Å². The van der Waals surface area contributed by atoms with E-state index in [9.17, 15) is 27.6 Å². The molecule has 0 amide bonds. The highest BCUT2D eigenvalue weighted by Crippen LogP contribution is 2.42. The number of halogens is 3. The smallest absolute Gasteiger partial charge is 0.347 e. The molecule has 1 heterocycles. The van der Waals surface area contributed by atoms with E-state index in [1.54, 1.807) is 0 Å². The van der Waals surface area contributed by atoms with Gasteiger partial charge in [0.25, 0.3) is 0 Å². The van der Waals surface area contributed by atoms with Crippen LogP contribution >= 0.6 is 0 Å². The molecule has 20 heavy (non-hydrogen) atoms. The lowest BCUT2D eigenvalue weighted by molar-refractivity contribution is -0.208. The first-order valence-electron chi connectivity index (χ1n) is 6.09. The maximum absolute atomic E-state index is 12.5. The van der Waals surface area contributed by atoms with E-state index in [1.165, 1.54) is 0 Å². The normalized spacial score (nSPS) is 29.7. The Hall–Kier alpha value is -1.28. The van der Waals surface area contributed by atoms with Crippen molar-refractivity contribution in [2.24, 2.45) is 11.8 Å². The van der Waals surface area contributed by atoms with Crippen molar-refractivity contribution in [1.82, 2.24) is 0 Å². The molecule has 2 unspecified atom stereocenters. The highest BCUT2D eigenvalue weighted by Gasteiger charge is 2.57. The predicted molar refractivity (Wildman–Crippen MR) is 57.6 cm³/mol. The second kappa shape index (κ2) is 4.92. The molecule has 1 spiro atoms. The molecule has 2 aliphatic rings. The summed E-state index contributed by atoms with van der Waals surface area (Å²) in [5, 5.41) is 0. The first-order chi connectivity index (χ1) is 9.16. The van der Waals surface area contributed by atoms with Crippen molar-refractivity contribution in [1.29, 1.82) is 0 Å². The number of carbonyl (C=O) groups excluding carboxylic acids is 3. The molecule has 0 N–H and O–H groups in total. The molecule has 5 nitrogen and oxygen atoms in total. The van der Waals surface area contributed by atoms with Gasteiger partial charge in [0.2, 0.25) is 5.78 Å². The molecule has 112 valence electrons. The molecule has 0 aromatic heterocycles. The molecule has 1 saturated heterocycles. The highest BCUT2D eigenvalue weighted by molar-refractivity contribution is 6.13. The molecule has 1 aliphatic carbocycles. The van der Waals surface area contributed by atoms with Gasteiger partial charge in [0.1, 0.15) is 5.78 Å². The fourth-order valence-electron chi connectivity index (χ4n) is 2.65. The summed E-state index contributed by atoms with van der Waals surface area (Å²) in [7, 11) is 0. The van der Waals surface area contributed by atoms with Crippen molar-refractivity contribution in [2.45, 2.75) is 31.7 Å². The predicted octanol–water partition coefficient (Wildman–Crippen LogP) is 1.05. The van der Waals surface area contributed by atoms with Gasteiger partial charge in [-0.25, -0.2) is 0 Å². The van der Waals surface area contributed by atoms with Crippen LogP contribution in [0.1, 0.15) is 19.8 Å². The average Bonchev–Trinajstić information content (AvgIpc) is 2.78. The van der Waals surface area contributed by atoms with Crippen molar-refractivity contribution in [3.63, 3.8) is 0 Å². The monoisotopic (exact) mass is 294 g/mol. The molecule has 0 aromatic rings. The summed E-state index contributed by atoms with van der Waals surface area (Å²) in [6.07, 6.45) is -5.75. The van der Waals surface area contributed by atoms with Crippen LogP contribution in [0.15, 0.2) is 0 Å². The van der Waals surface area contributed by atoms with E-state index in [0.717, 1.165) is 6.92 Å². The van der Waals surface area contributed by atoms with Gasteiger partial charge in [-0.2, -0.15) is 13.2 Å². The fourth-order valence-corrected chi connectivity index (χ4v) is 2.65. The summed E-state index contributed by atoms with van der Waals surface area (Å²) in [5.74, 6) is -8.39. The number of Topliss-reactive ketones (excluding diaryl/α,β-unsaturated/α-hetero) is 3. The molecule has 2 fully saturated rings. The van der Waals surface area contributed by atoms with Crippen LogP contribution in [0.5, 0.6) is 0 Å². The van der Waals surface area contributed by atoms with E-state index in [0.29, 0.717) is 0 Å². The second-order valence-corrected chi connectivity index (χ2v) is 5.00. The highest BCUT2D eigenvalue weighted by atomic mass is 19.4. The summed E-state index contributed by atoms with van der Waals surface area (Å²) in [5.41, 5.74) is 0. The maximum atomic E-state index is 12.5. The number of hydrogen-bond acceptors (Lipinski definition) is 5. The number of ketones is 3. The minimum atomic E-state index is -5.13. The van der Waals surface area contributed by atoms with Crippen LogP contribution < -0.4 is 0 Å². The van der Waals surface area contributed by atoms with Gasteiger partial charge >= 0.3 is 6.18 Å². The number of rotatable bonds is 2. The lowest BCUT2D eigenvalue weighted by atomic mass is 9.73. The van der Waals surface area contributed by atoms with Crippen LogP contribution in [-0.4, -0.2) is 42.5 Å². The first-order valence-corrected chi connectivity index (χ1v) is 6.09. The third-order valence-corrected chi connectivity index (χ3v) is 3.62. The fraction of sp³-hybridized carbons (Fsp3) is 0.750. The van der Waals surface area contributed by atoms with E-state index in [1.807, 2.05) is 0 Å². The Morgan fingerprint density at radius 3 is 2.10 bits per heavy atom. The van der Waals surface area contributed by atoms with Gasteiger partial charge in [-0.15, -0.1) is 0 Å². The van der Waals surface area contributed by atoms with Crippen molar-refractivity contribution >= 4 is 17.3 Å². The largest absolute Gasteiger partial charge is 0.450 e. The Morgan fingerprint density at radius 2 is 1.65 bits per heavy atom. The van der Waals surface area contributed by atoms with Crippen LogP contribution in [0.2, 0.25) is 0 Å². The maximum Gasteiger partial charge on any atom is 0.450 e. The van der Waals surface area contributed by atoms with Crippen molar-refractivity contribution in [3.05, 3.63) is 0 Å². The molecule has 0 aromatic carbocycles. The topological polar surface area (TPSA) is 69.7 Å². The van der Waals surface area contributed by atoms with Gasteiger partial charge in [0, 0.05) is 12.8 Å². The number of hydrogen-bond donors (Lipinski definition) is 0. The van der Waals surface area contributed by atoms with Crippen LogP contribution in [0.4, 0.5) is 13.2 Å². The van der Waals surface area contributed by atoms with Gasteiger partial charge in [0.15, 0.2) is 11.6 Å². The minimum absolute atomic E-state index is 0.136. The summed E-state index contributed by atoms with van der Waals surface area (Å²) in [6.45, 7) is 1.42. The average molecular weight is 294 g/mol. The van der Waals surface area contributed by atoms with Crippen molar-refractivity contribution in [3.8, 4) is 0 Å². The Balaban J connectivity index is 2.32. The SMILES string of the molecule is CC(=O)C1CC2(CC(C(=O)C(F)(F)F)C1=O)OCCO2. The van der Waals surface area contributed by atoms with Gasteiger partial charge in [-0.1, -0.05) is 0 Å². The standard InChI is InChI=1S/C12H13F3O5/c1-6(16)7-4-11(19-2-3-20-11)5-8(9(7)17)10(18)12(13,14)15/h7-8H,2-5H2,1H3. The first kappa shape index (κ1) is 15.1. The molecular formula is C12H13F3O5. The second-order valence-electron chi connectivity index (χ2n) is 5.00. The molecule has 0 radical (unpaired) electrons. The molecule has 2 atom stereocenters. The number of ether oxygens (including phenoxy) is 2. The third kappa shape index (κ3) is 2.62. The third-order valence-electron chi connectivity index (χ3n) is 3.62. The van der Waals surface area contributed by atoms with E-state index in [4.69, 9.17) is 9.47 Å². The Labute approximate surface area is 112 Å². The molecule has 8 heteroatoms. The summed E-state index contributed by atoms with van der Waals surface area (Å²) in [4.78, 5) is 34.8. The van der Waals surface area contributed by atoms with E-state index in [-0.39, 0.29) is 19.6 Å². The van der Waals surface area contributed by atoms with Crippen molar-refractivity contribution in [2.75, 3.05) is 13.2 Å². The Kier molecular flexibility index (Phi) is 3.72. The van der Waals surface area contributed by atoms with E-state index < -0.39 is 47.6 Å². The quantitative estimate of drug-likeness (QED) is 0.712. The minimum Gasteiger partial charge on any atom is -0.347 e. The molecule has 1 saturated carbocycles. The van der Waals surface area contributed by atoms with Crippen LogP contribution in [0, 0.1) is 11.8 Å². The molecule has 0 bridgehead atoms. The molecular weight excluding hydrogens is 281 g/mol. The summed E-state index contributed by atoms with van der Waals surface area (Å²) in [6, 6.07) is 0. The zero-order chi connectivity index (χ0) is 15.1. The summed E-state index contributed by atoms with van der Waals surface area (Å²) >= 11 is 0. The summed E-state index contributed by atoms with van der Waals surface area (Å²) < 4.78 is 48.1. The zero-order valence-electron chi connectivity index (χ0n) is 10.7. The van der Waals surface area contributed by atoms with Crippen LogP contribution in [0.3, 0.4) is 0 Å². The van der Waals surface area contributed by atoms with Crippen LogP contribution in [-0.2, 0) is 23.9 Å². The lowest BCUT2D eigenvalue weighted by Crippen LogP contribution is -2.52. The Bertz CT molecular complexity index is 450. The van der Waals surface area contributed by atoms with Crippen LogP contribution in [0.25, 0.3) is 0 Å². The lowest BCUT2D eigenvalue weighted by Gasteiger charge is -2.38. The zero-order valence-corrected chi connectivity index (χ0v) is 10.7. The molecule has 2 rings (SSSR count). The van der Waals surface area contributed by atoms with E-state index >= 15 is 0 Å². The van der Waals surface area contributed by atoms with Crippen molar-refractivity contribution < 1.29 is 37.0 Å². The van der Waals surface area contributed by atoms with E-state index in [2.05, 4.69) is 0 Å². The van der Waals surface area contributed by atoms with Gasteiger partial charge in [-0.3, -0.25) is 14.4 Å². The molecule has 1 aliphatic heterocycles.